The van der Waals surface area contributed by atoms with Gasteiger partial charge in [-0.1, -0.05) is 36.8 Å². The summed E-state index contributed by atoms with van der Waals surface area (Å²) >= 11 is 6.15. The standard InChI is InChI=1S/C14H18ClNO2/c15-13(10-5-2-1-3-6-10)14(18)16-12-8-4-7-11(12)9-17/h1-3,5-6,11-13,17H,4,7-9H2,(H,16,18). The maximum Gasteiger partial charge on any atom is 0.242 e. The second-order valence-electron chi connectivity index (χ2n) is 4.76. The zero-order valence-corrected chi connectivity index (χ0v) is 10.9. The third-order valence-corrected chi connectivity index (χ3v) is 3.99. The van der Waals surface area contributed by atoms with Crippen LogP contribution in [-0.2, 0) is 4.79 Å². The van der Waals surface area contributed by atoms with Crippen LogP contribution >= 0.6 is 11.6 Å². The van der Waals surface area contributed by atoms with E-state index in [1.807, 2.05) is 30.3 Å². The number of alkyl halides is 1. The summed E-state index contributed by atoms with van der Waals surface area (Å²) in [5.74, 6) is 0.00167. The molecule has 3 atom stereocenters. The molecule has 0 saturated heterocycles. The molecular formula is C14H18ClNO2. The van der Waals surface area contributed by atoms with Crippen molar-refractivity contribution in [1.29, 1.82) is 0 Å². The molecule has 4 heteroatoms. The smallest absolute Gasteiger partial charge is 0.242 e. The number of amides is 1. The van der Waals surface area contributed by atoms with Gasteiger partial charge in [0, 0.05) is 18.6 Å². The number of hydrogen-bond donors (Lipinski definition) is 2. The Hall–Kier alpha value is -1.06. The maximum atomic E-state index is 12.0. The minimum Gasteiger partial charge on any atom is -0.396 e. The fraction of sp³-hybridized carbons (Fsp3) is 0.500. The first kappa shape index (κ1) is 13.4. The number of aliphatic hydroxyl groups is 1. The first-order valence-corrected chi connectivity index (χ1v) is 6.76. The molecule has 1 amide bonds. The SMILES string of the molecule is O=C(NC1CCCC1CO)C(Cl)c1ccccc1. The van der Waals surface area contributed by atoms with Gasteiger partial charge in [-0.3, -0.25) is 4.79 Å². The van der Waals surface area contributed by atoms with Gasteiger partial charge in [0.05, 0.1) is 0 Å². The number of hydrogen-bond acceptors (Lipinski definition) is 2. The van der Waals surface area contributed by atoms with Crippen molar-refractivity contribution in [3.05, 3.63) is 35.9 Å². The molecule has 0 aromatic heterocycles. The normalized spacial score (nSPS) is 24.8. The lowest BCUT2D eigenvalue weighted by Crippen LogP contribution is -2.40. The highest BCUT2D eigenvalue weighted by Gasteiger charge is 2.29. The molecule has 3 nitrogen and oxygen atoms in total. The molecular weight excluding hydrogens is 250 g/mol. The third-order valence-electron chi connectivity index (χ3n) is 3.54. The molecule has 0 aliphatic heterocycles. The Balaban J connectivity index is 1.95. The van der Waals surface area contributed by atoms with E-state index in [2.05, 4.69) is 5.32 Å². The number of halogens is 1. The summed E-state index contributed by atoms with van der Waals surface area (Å²) in [6, 6.07) is 9.37. The molecule has 2 N–H and O–H groups in total. The third kappa shape index (κ3) is 3.03. The molecule has 1 aromatic rings. The second kappa shape index (κ2) is 6.21. The van der Waals surface area contributed by atoms with Crippen molar-refractivity contribution in [2.45, 2.75) is 30.7 Å². The van der Waals surface area contributed by atoms with E-state index >= 15 is 0 Å². The van der Waals surface area contributed by atoms with Crippen LogP contribution in [0.25, 0.3) is 0 Å². The van der Waals surface area contributed by atoms with Gasteiger partial charge in [0.1, 0.15) is 5.38 Å². The first-order valence-electron chi connectivity index (χ1n) is 6.32. The van der Waals surface area contributed by atoms with Crippen LogP contribution in [0.2, 0.25) is 0 Å². The lowest BCUT2D eigenvalue weighted by molar-refractivity contribution is -0.121. The Kier molecular flexibility index (Phi) is 4.61. The molecule has 1 aliphatic rings. The monoisotopic (exact) mass is 267 g/mol. The van der Waals surface area contributed by atoms with E-state index in [1.54, 1.807) is 0 Å². The number of benzene rings is 1. The van der Waals surface area contributed by atoms with E-state index in [-0.39, 0.29) is 24.5 Å². The van der Waals surface area contributed by atoms with E-state index < -0.39 is 5.38 Å². The summed E-state index contributed by atoms with van der Waals surface area (Å²) in [6.45, 7) is 0.128. The van der Waals surface area contributed by atoms with Crippen molar-refractivity contribution in [2.24, 2.45) is 5.92 Å². The summed E-state index contributed by atoms with van der Waals surface area (Å²) < 4.78 is 0. The van der Waals surface area contributed by atoms with Gasteiger partial charge >= 0.3 is 0 Å². The minimum absolute atomic E-state index is 0.0625. The molecule has 0 heterocycles. The topological polar surface area (TPSA) is 49.3 Å². The largest absolute Gasteiger partial charge is 0.396 e. The summed E-state index contributed by atoms with van der Waals surface area (Å²) in [6.07, 6.45) is 2.95. The minimum atomic E-state index is -0.661. The Morgan fingerprint density at radius 2 is 2.11 bits per heavy atom. The van der Waals surface area contributed by atoms with Gasteiger partial charge in [0.2, 0.25) is 5.91 Å². The molecule has 0 bridgehead atoms. The molecule has 1 fully saturated rings. The van der Waals surface area contributed by atoms with Gasteiger partial charge in [0.25, 0.3) is 0 Å². The lowest BCUT2D eigenvalue weighted by Gasteiger charge is -2.20. The number of rotatable bonds is 4. The predicted octanol–water partition coefficient (Wildman–Crippen LogP) is 2.24. The average Bonchev–Trinajstić information content (AvgIpc) is 2.86. The van der Waals surface area contributed by atoms with Crippen LogP contribution in [0.3, 0.4) is 0 Å². The summed E-state index contributed by atoms with van der Waals surface area (Å²) in [7, 11) is 0. The van der Waals surface area contributed by atoms with Gasteiger partial charge in [-0.25, -0.2) is 0 Å². The predicted molar refractivity (Wildman–Crippen MR) is 71.4 cm³/mol. The number of aliphatic hydroxyl groups excluding tert-OH is 1. The van der Waals surface area contributed by atoms with Crippen molar-refractivity contribution >= 4 is 17.5 Å². The highest BCUT2D eigenvalue weighted by molar-refractivity contribution is 6.30. The van der Waals surface area contributed by atoms with Crippen molar-refractivity contribution in [3.8, 4) is 0 Å². The molecule has 0 spiro atoms. The van der Waals surface area contributed by atoms with Gasteiger partial charge in [-0.15, -0.1) is 11.6 Å². The Morgan fingerprint density at radius 3 is 2.78 bits per heavy atom. The quantitative estimate of drug-likeness (QED) is 0.822. The van der Waals surface area contributed by atoms with E-state index in [0.717, 1.165) is 24.8 Å². The Labute approximate surface area is 112 Å². The summed E-state index contributed by atoms with van der Waals surface area (Å²) in [4.78, 5) is 12.0. The van der Waals surface area contributed by atoms with Gasteiger partial charge in [-0.05, 0) is 18.4 Å². The van der Waals surface area contributed by atoms with Crippen LogP contribution in [0, 0.1) is 5.92 Å². The average molecular weight is 268 g/mol. The molecule has 18 heavy (non-hydrogen) atoms. The van der Waals surface area contributed by atoms with E-state index in [4.69, 9.17) is 11.6 Å². The van der Waals surface area contributed by atoms with Crippen LogP contribution in [0.4, 0.5) is 0 Å². The highest BCUT2D eigenvalue weighted by atomic mass is 35.5. The van der Waals surface area contributed by atoms with Crippen molar-refractivity contribution in [3.63, 3.8) is 0 Å². The van der Waals surface area contributed by atoms with Gasteiger partial charge in [0.15, 0.2) is 0 Å². The van der Waals surface area contributed by atoms with Crippen LogP contribution in [0.5, 0.6) is 0 Å². The van der Waals surface area contributed by atoms with Gasteiger partial charge < -0.3 is 10.4 Å². The lowest BCUT2D eigenvalue weighted by atomic mass is 10.0. The molecule has 98 valence electrons. The van der Waals surface area contributed by atoms with Crippen LogP contribution in [-0.4, -0.2) is 23.7 Å². The van der Waals surface area contributed by atoms with Crippen molar-refractivity contribution in [1.82, 2.24) is 5.32 Å². The summed E-state index contributed by atoms with van der Waals surface area (Å²) in [5, 5.41) is 11.5. The molecule has 1 saturated carbocycles. The highest BCUT2D eigenvalue weighted by Crippen LogP contribution is 2.27. The number of carbonyl (C=O) groups is 1. The van der Waals surface area contributed by atoms with E-state index in [0.29, 0.717) is 0 Å². The second-order valence-corrected chi connectivity index (χ2v) is 5.20. The van der Waals surface area contributed by atoms with Crippen LogP contribution in [0.15, 0.2) is 30.3 Å². The zero-order chi connectivity index (χ0) is 13.0. The van der Waals surface area contributed by atoms with Crippen LogP contribution in [0.1, 0.15) is 30.2 Å². The number of nitrogens with one attached hydrogen (secondary N) is 1. The fourth-order valence-electron chi connectivity index (χ4n) is 2.47. The zero-order valence-electron chi connectivity index (χ0n) is 10.2. The fourth-order valence-corrected chi connectivity index (χ4v) is 2.68. The van der Waals surface area contributed by atoms with Gasteiger partial charge in [-0.2, -0.15) is 0 Å². The number of carbonyl (C=O) groups excluding carboxylic acids is 1. The molecule has 1 aliphatic carbocycles. The molecule has 1 aromatic carbocycles. The van der Waals surface area contributed by atoms with E-state index in [1.165, 1.54) is 0 Å². The summed E-state index contributed by atoms with van der Waals surface area (Å²) in [5.41, 5.74) is 0.801. The molecule has 2 rings (SSSR count). The van der Waals surface area contributed by atoms with E-state index in [9.17, 15) is 9.90 Å². The Bertz CT molecular complexity index is 396. The molecule has 3 unspecified atom stereocenters. The molecule has 0 radical (unpaired) electrons. The van der Waals surface area contributed by atoms with Crippen molar-refractivity contribution in [2.75, 3.05) is 6.61 Å². The maximum absolute atomic E-state index is 12.0. The first-order chi connectivity index (χ1) is 8.72. The van der Waals surface area contributed by atoms with Crippen molar-refractivity contribution < 1.29 is 9.90 Å². The van der Waals surface area contributed by atoms with Crippen LogP contribution < -0.4 is 5.32 Å². The Morgan fingerprint density at radius 1 is 1.39 bits per heavy atom.